The molecule has 0 saturated heterocycles. The van der Waals surface area contributed by atoms with Crippen molar-refractivity contribution in [3.8, 4) is 0 Å². The fraction of sp³-hybridized carbons (Fsp3) is 0.222. The van der Waals surface area contributed by atoms with Crippen LogP contribution in [0.3, 0.4) is 0 Å². The lowest BCUT2D eigenvalue weighted by molar-refractivity contribution is 0.104. The molecule has 3 nitrogen and oxygen atoms in total. The maximum Gasteiger partial charge on any atom is 0.251 e. The lowest BCUT2D eigenvalue weighted by Crippen LogP contribution is -2.18. The summed E-state index contributed by atoms with van der Waals surface area (Å²) in [5.41, 5.74) is 0.205. The Morgan fingerprint density at radius 3 is 2.75 bits per heavy atom. The van der Waals surface area contributed by atoms with Gasteiger partial charge in [-0.25, -0.2) is 0 Å². The van der Waals surface area contributed by atoms with E-state index in [1.165, 1.54) is 10.6 Å². The summed E-state index contributed by atoms with van der Waals surface area (Å²) in [5.74, 6) is -0.324. The van der Waals surface area contributed by atoms with Crippen molar-refractivity contribution in [3.63, 3.8) is 0 Å². The van der Waals surface area contributed by atoms with E-state index in [4.69, 9.17) is 0 Å². The van der Waals surface area contributed by atoms with Crippen LogP contribution in [0, 0.1) is 6.92 Å². The van der Waals surface area contributed by atoms with E-state index < -0.39 is 0 Å². The van der Waals surface area contributed by atoms with Crippen LogP contribution in [0.5, 0.6) is 0 Å². The number of hydrogen-bond acceptors (Lipinski definition) is 2. The van der Waals surface area contributed by atoms with Crippen molar-refractivity contribution < 1.29 is 4.79 Å². The molecular formula is C9H10NO2. The molecule has 0 bridgehead atoms. The summed E-state index contributed by atoms with van der Waals surface area (Å²) in [6.07, 6.45) is 1.60. The van der Waals surface area contributed by atoms with Crippen molar-refractivity contribution in [1.82, 2.24) is 4.57 Å². The first-order chi connectivity index (χ1) is 5.65. The minimum atomic E-state index is -0.324. The number of carbonyl (C=O) groups is 1. The molecule has 12 heavy (non-hydrogen) atoms. The molecule has 0 atom stereocenters. The Balaban J connectivity index is 3.19. The van der Waals surface area contributed by atoms with Crippen LogP contribution < -0.4 is 5.56 Å². The van der Waals surface area contributed by atoms with E-state index in [0.717, 1.165) is 0 Å². The summed E-state index contributed by atoms with van der Waals surface area (Å²) in [6, 6.07) is 2.90. The van der Waals surface area contributed by atoms with Crippen LogP contribution in [0.15, 0.2) is 23.1 Å². The number of hydrogen-bond donors (Lipinski definition) is 0. The third kappa shape index (κ3) is 1.61. The smallest absolute Gasteiger partial charge is 0.251 e. The number of ketones is 1. The van der Waals surface area contributed by atoms with Gasteiger partial charge in [0.1, 0.15) is 0 Å². The van der Waals surface area contributed by atoms with Crippen LogP contribution in [0.25, 0.3) is 0 Å². The second kappa shape index (κ2) is 3.34. The highest BCUT2D eigenvalue weighted by Crippen LogP contribution is 1.94. The third-order valence-electron chi connectivity index (χ3n) is 1.66. The highest BCUT2D eigenvalue weighted by Gasteiger charge is 2.00. The van der Waals surface area contributed by atoms with Gasteiger partial charge in [-0.1, -0.05) is 0 Å². The van der Waals surface area contributed by atoms with E-state index in [-0.39, 0.29) is 11.3 Å². The van der Waals surface area contributed by atoms with E-state index >= 15 is 0 Å². The molecule has 0 N–H and O–H groups in total. The molecule has 63 valence electrons. The first-order valence-electron chi connectivity index (χ1n) is 3.72. The van der Waals surface area contributed by atoms with Gasteiger partial charge in [-0.3, -0.25) is 9.59 Å². The van der Waals surface area contributed by atoms with E-state index in [1.807, 2.05) is 6.92 Å². The van der Waals surface area contributed by atoms with Gasteiger partial charge >= 0.3 is 0 Å². The number of aryl methyl sites for hydroxylation is 1. The van der Waals surface area contributed by atoms with Gasteiger partial charge in [0.25, 0.3) is 5.56 Å². The Bertz CT molecular complexity index is 352. The van der Waals surface area contributed by atoms with Crippen molar-refractivity contribution >= 4 is 5.78 Å². The van der Waals surface area contributed by atoms with Gasteiger partial charge in [-0.05, 0) is 13.0 Å². The number of Topliss-reactive ketones (excluding diaryl/α,β-unsaturated/α-hetero) is 1. The van der Waals surface area contributed by atoms with Crippen LogP contribution in [0.1, 0.15) is 17.3 Å². The normalized spacial score (nSPS) is 9.83. The lowest BCUT2D eigenvalue weighted by Gasteiger charge is -2.00. The van der Waals surface area contributed by atoms with Crippen LogP contribution in [-0.4, -0.2) is 10.4 Å². The summed E-state index contributed by atoms with van der Waals surface area (Å²) in [7, 11) is 0. The van der Waals surface area contributed by atoms with Crippen LogP contribution >= 0.6 is 0 Å². The first kappa shape index (κ1) is 8.71. The van der Waals surface area contributed by atoms with Crippen LogP contribution in [0.2, 0.25) is 0 Å². The summed E-state index contributed by atoms with van der Waals surface area (Å²) >= 11 is 0. The molecule has 0 aliphatic rings. The zero-order valence-corrected chi connectivity index (χ0v) is 6.91. The van der Waals surface area contributed by atoms with Crippen LogP contribution in [-0.2, 0) is 6.54 Å². The zero-order valence-electron chi connectivity index (χ0n) is 6.91. The molecule has 1 rings (SSSR count). The minimum Gasteiger partial charge on any atom is -0.316 e. The molecule has 0 unspecified atom stereocenters. The Morgan fingerprint density at radius 1 is 1.67 bits per heavy atom. The predicted molar refractivity (Wildman–Crippen MR) is 46.1 cm³/mol. The SMILES string of the molecule is [CH2]C(=O)c1ccn(CC)c(=O)c1. The topological polar surface area (TPSA) is 39.1 Å². The largest absolute Gasteiger partial charge is 0.316 e. The molecule has 0 amide bonds. The molecule has 0 spiro atoms. The maximum absolute atomic E-state index is 11.2. The quantitative estimate of drug-likeness (QED) is 0.609. The van der Waals surface area contributed by atoms with Crippen molar-refractivity contribution in [1.29, 1.82) is 0 Å². The molecule has 0 aliphatic carbocycles. The third-order valence-corrected chi connectivity index (χ3v) is 1.66. The van der Waals surface area contributed by atoms with Gasteiger partial charge in [0.15, 0.2) is 5.78 Å². The fourth-order valence-electron chi connectivity index (χ4n) is 0.942. The summed E-state index contributed by atoms with van der Waals surface area (Å²) in [4.78, 5) is 21.9. The molecule has 0 aromatic carbocycles. The van der Waals surface area contributed by atoms with Gasteiger partial charge < -0.3 is 4.57 Å². The van der Waals surface area contributed by atoms with E-state index in [1.54, 1.807) is 12.3 Å². The second-order valence-corrected chi connectivity index (χ2v) is 2.46. The van der Waals surface area contributed by atoms with E-state index in [0.29, 0.717) is 12.1 Å². The zero-order chi connectivity index (χ0) is 9.14. The highest BCUT2D eigenvalue weighted by atomic mass is 16.1. The molecule has 0 saturated carbocycles. The van der Waals surface area contributed by atoms with Crippen molar-refractivity contribution in [2.75, 3.05) is 0 Å². The number of carbonyl (C=O) groups excluding carboxylic acids is 1. The number of rotatable bonds is 2. The van der Waals surface area contributed by atoms with Gasteiger partial charge in [0.05, 0.1) is 0 Å². The Hall–Kier alpha value is -1.38. The van der Waals surface area contributed by atoms with Crippen molar-refractivity contribution in [2.24, 2.45) is 0 Å². The van der Waals surface area contributed by atoms with Gasteiger partial charge in [-0.2, -0.15) is 0 Å². The lowest BCUT2D eigenvalue weighted by atomic mass is 10.2. The highest BCUT2D eigenvalue weighted by molar-refractivity contribution is 5.99. The van der Waals surface area contributed by atoms with Crippen molar-refractivity contribution in [3.05, 3.63) is 41.2 Å². The molecule has 1 radical (unpaired) electrons. The summed E-state index contributed by atoms with van der Waals surface area (Å²) in [6.45, 7) is 5.70. The van der Waals surface area contributed by atoms with Gasteiger partial charge in [0.2, 0.25) is 0 Å². The monoisotopic (exact) mass is 164 g/mol. The van der Waals surface area contributed by atoms with E-state index in [9.17, 15) is 9.59 Å². The standard InChI is InChI=1S/C9H10NO2/c1-3-10-5-4-8(7(2)11)6-9(10)12/h4-6H,2-3H2,1H3. The molecular weight excluding hydrogens is 154 g/mol. The molecule has 0 fully saturated rings. The minimum absolute atomic E-state index is 0.160. The summed E-state index contributed by atoms with van der Waals surface area (Å²) in [5, 5.41) is 0. The summed E-state index contributed by atoms with van der Waals surface area (Å²) < 4.78 is 1.52. The van der Waals surface area contributed by atoms with Gasteiger partial charge in [0, 0.05) is 31.3 Å². The Kier molecular flexibility index (Phi) is 2.43. The Morgan fingerprint density at radius 2 is 2.33 bits per heavy atom. The first-order valence-corrected chi connectivity index (χ1v) is 3.72. The average molecular weight is 164 g/mol. The molecule has 1 heterocycles. The second-order valence-electron chi connectivity index (χ2n) is 2.46. The fourth-order valence-corrected chi connectivity index (χ4v) is 0.942. The van der Waals surface area contributed by atoms with Gasteiger partial charge in [-0.15, -0.1) is 0 Å². The number of pyridine rings is 1. The molecule has 0 aliphatic heterocycles. The average Bonchev–Trinajstić information content (AvgIpc) is 2.04. The number of aromatic nitrogens is 1. The van der Waals surface area contributed by atoms with Crippen LogP contribution in [0.4, 0.5) is 0 Å². The van der Waals surface area contributed by atoms with Crippen molar-refractivity contribution in [2.45, 2.75) is 13.5 Å². The predicted octanol–water partition coefficient (Wildman–Crippen LogP) is 0.885. The number of nitrogens with zero attached hydrogens (tertiary/aromatic N) is 1. The molecule has 1 aromatic heterocycles. The van der Waals surface area contributed by atoms with E-state index in [2.05, 4.69) is 6.92 Å². The maximum atomic E-state index is 11.2. The molecule has 3 heteroatoms. The molecule has 1 aromatic rings. The Labute approximate surface area is 70.6 Å².